The highest BCUT2D eigenvalue weighted by molar-refractivity contribution is 6.04. The number of fused-ring (bicyclic) bond motifs is 1. The Balaban J connectivity index is 1.89. The number of hydrogen-bond acceptors (Lipinski definition) is 2. The van der Waals surface area contributed by atoms with Gasteiger partial charge in [-0.2, -0.15) is 5.26 Å². The zero-order valence-electron chi connectivity index (χ0n) is 14.9. The van der Waals surface area contributed by atoms with E-state index in [0.29, 0.717) is 0 Å². The van der Waals surface area contributed by atoms with Crippen molar-refractivity contribution in [1.29, 1.82) is 5.26 Å². The first-order valence-corrected chi connectivity index (χ1v) is 8.69. The third kappa shape index (κ3) is 3.52. The van der Waals surface area contributed by atoms with E-state index >= 15 is 0 Å². The predicted octanol–water partition coefficient (Wildman–Crippen LogP) is 4.45. The normalized spacial score (nSPS) is 12.6. The Morgan fingerprint density at radius 3 is 2.58 bits per heavy atom. The second-order valence-corrected chi connectivity index (χ2v) is 6.16. The van der Waals surface area contributed by atoms with Gasteiger partial charge in [0.1, 0.15) is 11.6 Å². The number of carbonyl (C=O) groups excluding carboxylic acids is 1. The molecule has 0 saturated heterocycles. The lowest BCUT2D eigenvalue weighted by Gasteiger charge is -2.13. The fraction of sp³-hybridized carbons (Fsp3) is 0.182. The van der Waals surface area contributed by atoms with Gasteiger partial charge in [-0.05, 0) is 31.6 Å². The highest BCUT2D eigenvalue weighted by atomic mass is 16.1. The number of para-hydroxylation sites is 1. The molecule has 0 unspecified atom stereocenters. The quantitative estimate of drug-likeness (QED) is 0.550. The third-order valence-corrected chi connectivity index (χ3v) is 4.47. The number of carbonyl (C=O) groups is 1. The van der Waals surface area contributed by atoms with Crippen molar-refractivity contribution in [3.8, 4) is 6.07 Å². The van der Waals surface area contributed by atoms with E-state index in [9.17, 15) is 10.1 Å². The molecular weight excluding hydrogens is 322 g/mol. The molecule has 0 spiro atoms. The second kappa shape index (κ2) is 7.71. The minimum atomic E-state index is -0.364. The summed E-state index contributed by atoms with van der Waals surface area (Å²) in [5, 5.41) is 13.4. The summed E-state index contributed by atoms with van der Waals surface area (Å²) in [6.45, 7) is 4.80. The molecule has 0 radical (unpaired) electrons. The minimum absolute atomic E-state index is 0.104. The van der Waals surface area contributed by atoms with Crippen LogP contribution in [-0.2, 0) is 11.3 Å². The summed E-state index contributed by atoms with van der Waals surface area (Å²) in [7, 11) is 0. The standard InChI is InChI=1S/C22H21N3O/c1-3-25-15-19(20-11-7-8-12-21(20)25)13-18(14-23)22(26)24-16(2)17-9-5-4-6-10-17/h4-13,15-16H,3H2,1-2H3,(H,24,26)/b18-13-/t16-/m1/s1. The number of nitrogens with one attached hydrogen (secondary N) is 1. The average molecular weight is 343 g/mol. The number of rotatable bonds is 5. The minimum Gasteiger partial charge on any atom is -0.347 e. The second-order valence-electron chi connectivity index (χ2n) is 6.16. The van der Waals surface area contributed by atoms with Crippen LogP contribution in [0.5, 0.6) is 0 Å². The van der Waals surface area contributed by atoms with Crippen LogP contribution < -0.4 is 5.32 Å². The van der Waals surface area contributed by atoms with Crippen LogP contribution in [0.2, 0.25) is 0 Å². The molecule has 1 atom stereocenters. The zero-order chi connectivity index (χ0) is 18.5. The molecule has 0 saturated carbocycles. The number of aromatic nitrogens is 1. The smallest absolute Gasteiger partial charge is 0.262 e. The molecule has 0 aliphatic rings. The van der Waals surface area contributed by atoms with E-state index in [-0.39, 0.29) is 17.5 Å². The lowest BCUT2D eigenvalue weighted by molar-refractivity contribution is -0.117. The number of nitriles is 1. The van der Waals surface area contributed by atoms with Crippen molar-refractivity contribution in [3.63, 3.8) is 0 Å². The maximum Gasteiger partial charge on any atom is 0.262 e. The van der Waals surface area contributed by atoms with Crippen LogP contribution in [0, 0.1) is 11.3 Å². The molecule has 1 heterocycles. The first-order valence-electron chi connectivity index (χ1n) is 8.69. The monoisotopic (exact) mass is 343 g/mol. The van der Waals surface area contributed by atoms with E-state index in [4.69, 9.17) is 0 Å². The van der Waals surface area contributed by atoms with Crippen molar-refractivity contribution < 1.29 is 4.79 Å². The highest BCUT2D eigenvalue weighted by Crippen LogP contribution is 2.23. The Hall–Kier alpha value is -3.32. The maximum atomic E-state index is 12.6. The summed E-state index contributed by atoms with van der Waals surface area (Å²) in [5.74, 6) is -0.364. The van der Waals surface area contributed by atoms with E-state index in [1.165, 1.54) is 0 Å². The number of nitrogens with zero attached hydrogens (tertiary/aromatic N) is 2. The van der Waals surface area contributed by atoms with Gasteiger partial charge in [-0.15, -0.1) is 0 Å². The van der Waals surface area contributed by atoms with Crippen LogP contribution in [0.25, 0.3) is 17.0 Å². The lowest BCUT2D eigenvalue weighted by atomic mass is 10.1. The molecule has 1 aromatic heterocycles. The molecule has 130 valence electrons. The van der Waals surface area contributed by atoms with Crippen LogP contribution in [0.3, 0.4) is 0 Å². The Kier molecular flexibility index (Phi) is 5.19. The fourth-order valence-corrected chi connectivity index (χ4v) is 3.06. The van der Waals surface area contributed by atoms with Crippen molar-refractivity contribution in [1.82, 2.24) is 9.88 Å². The van der Waals surface area contributed by atoms with Gasteiger partial charge in [0.15, 0.2) is 0 Å². The number of benzene rings is 2. The zero-order valence-corrected chi connectivity index (χ0v) is 14.9. The topological polar surface area (TPSA) is 57.8 Å². The van der Waals surface area contributed by atoms with Gasteiger partial charge in [-0.1, -0.05) is 48.5 Å². The molecule has 3 rings (SSSR count). The predicted molar refractivity (Wildman–Crippen MR) is 104 cm³/mol. The van der Waals surface area contributed by atoms with E-state index in [0.717, 1.165) is 28.6 Å². The van der Waals surface area contributed by atoms with Gasteiger partial charge in [0.25, 0.3) is 5.91 Å². The SMILES string of the molecule is CCn1cc(/C=C(/C#N)C(=O)N[C@H](C)c2ccccc2)c2ccccc21. The largest absolute Gasteiger partial charge is 0.347 e. The molecule has 0 aliphatic carbocycles. The number of aryl methyl sites for hydroxylation is 1. The first kappa shape index (κ1) is 17.5. The maximum absolute atomic E-state index is 12.6. The van der Waals surface area contributed by atoms with Crippen molar-refractivity contribution in [2.45, 2.75) is 26.4 Å². The molecule has 0 fully saturated rings. The van der Waals surface area contributed by atoms with Gasteiger partial charge < -0.3 is 9.88 Å². The Labute approximate surface area is 153 Å². The Bertz CT molecular complexity index is 993. The van der Waals surface area contributed by atoms with Crippen LogP contribution >= 0.6 is 0 Å². The number of amides is 1. The van der Waals surface area contributed by atoms with E-state index in [1.807, 2.05) is 73.8 Å². The molecule has 3 aromatic rings. The molecular formula is C22H21N3O. The fourth-order valence-electron chi connectivity index (χ4n) is 3.06. The van der Waals surface area contributed by atoms with Gasteiger partial charge in [0.2, 0.25) is 0 Å². The van der Waals surface area contributed by atoms with Crippen molar-refractivity contribution in [3.05, 3.63) is 77.5 Å². The van der Waals surface area contributed by atoms with Crippen LogP contribution in [0.15, 0.2) is 66.4 Å². The third-order valence-electron chi connectivity index (χ3n) is 4.47. The lowest BCUT2D eigenvalue weighted by Crippen LogP contribution is -2.27. The van der Waals surface area contributed by atoms with Gasteiger partial charge >= 0.3 is 0 Å². The molecule has 1 amide bonds. The summed E-state index contributed by atoms with van der Waals surface area (Å²) in [6, 6.07) is 19.6. The summed E-state index contributed by atoms with van der Waals surface area (Å²) in [6.07, 6.45) is 3.65. The molecule has 4 nitrogen and oxygen atoms in total. The average Bonchev–Trinajstić information content (AvgIpc) is 3.04. The van der Waals surface area contributed by atoms with E-state index < -0.39 is 0 Å². The van der Waals surface area contributed by atoms with Crippen molar-refractivity contribution in [2.75, 3.05) is 0 Å². The molecule has 2 aromatic carbocycles. The van der Waals surface area contributed by atoms with Gasteiger partial charge in [-0.25, -0.2) is 0 Å². The van der Waals surface area contributed by atoms with Crippen LogP contribution in [0.4, 0.5) is 0 Å². The molecule has 0 bridgehead atoms. The van der Waals surface area contributed by atoms with Crippen molar-refractivity contribution in [2.24, 2.45) is 0 Å². The Morgan fingerprint density at radius 1 is 1.19 bits per heavy atom. The molecule has 4 heteroatoms. The summed E-state index contributed by atoms with van der Waals surface area (Å²) in [4.78, 5) is 12.6. The van der Waals surface area contributed by atoms with E-state index in [2.05, 4.69) is 16.8 Å². The first-order chi connectivity index (χ1) is 12.6. The molecule has 26 heavy (non-hydrogen) atoms. The van der Waals surface area contributed by atoms with E-state index in [1.54, 1.807) is 6.08 Å². The molecule has 1 N–H and O–H groups in total. The summed E-state index contributed by atoms with van der Waals surface area (Å²) < 4.78 is 2.11. The summed E-state index contributed by atoms with van der Waals surface area (Å²) >= 11 is 0. The number of hydrogen-bond donors (Lipinski definition) is 1. The van der Waals surface area contributed by atoms with Gasteiger partial charge in [0, 0.05) is 29.2 Å². The molecule has 0 aliphatic heterocycles. The summed E-state index contributed by atoms with van der Waals surface area (Å²) in [5.41, 5.74) is 3.07. The Morgan fingerprint density at radius 2 is 1.88 bits per heavy atom. The highest BCUT2D eigenvalue weighted by Gasteiger charge is 2.15. The van der Waals surface area contributed by atoms with Crippen molar-refractivity contribution >= 4 is 22.9 Å². The van der Waals surface area contributed by atoms with Gasteiger partial charge in [-0.3, -0.25) is 4.79 Å². The van der Waals surface area contributed by atoms with Gasteiger partial charge in [0.05, 0.1) is 6.04 Å². The van der Waals surface area contributed by atoms with Crippen LogP contribution in [-0.4, -0.2) is 10.5 Å². The van der Waals surface area contributed by atoms with Crippen LogP contribution in [0.1, 0.15) is 31.0 Å².